The van der Waals surface area contributed by atoms with Gasteiger partial charge in [0, 0.05) is 12.2 Å². The molecule has 3 rings (SSSR count). The SMILES string of the molecule is CC(C)(C)OC(=O)CC[C@H](NC(=O)OC(C)(C)C)C(=O)N[C@@H](CSC(c1ccccc1)(c1ccccc1)c1ccccc1)C(=O)O. The highest BCUT2D eigenvalue weighted by molar-refractivity contribution is 8.00. The molecule has 0 aromatic heterocycles. The summed E-state index contributed by atoms with van der Waals surface area (Å²) >= 11 is 1.38. The van der Waals surface area contributed by atoms with Gasteiger partial charge in [-0.05, 0) is 64.7 Å². The first-order valence-corrected chi connectivity index (χ1v) is 16.1. The summed E-state index contributed by atoms with van der Waals surface area (Å²) in [6, 6.07) is 26.8. The summed E-state index contributed by atoms with van der Waals surface area (Å²) in [4.78, 5) is 51.3. The number of hydrogen-bond donors (Lipinski definition) is 3. The minimum absolute atomic E-state index is 0.0228. The average molecular weight is 649 g/mol. The highest BCUT2D eigenvalue weighted by atomic mass is 32.2. The molecule has 0 aliphatic heterocycles. The maximum Gasteiger partial charge on any atom is 0.408 e. The van der Waals surface area contributed by atoms with Gasteiger partial charge in [0.05, 0.1) is 4.75 Å². The third-order valence-corrected chi connectivity index (χ3v) is 8.33. The molecule has 0 fully saturated rings. The minimum Gasteiger partial charge on any atom is -0.480 e. The Morgan fingerprint density at radius 2 is 1.11 bits per heavy atom. The van der Waals surface area contributed by atoms with E-state index in [0.717, 1.165) is 16.7 Å². The summed E-state index contributed by atoms with van der Waals surface area (Å²) in [5.74, 6) is -2.58. The molecular weight excluding hydrogens is 604 g/mol. The zero-order chi connectivity index (χ0) is 34.0. The van der Waals surface area contributed by atoms with E-state index < -0.39 is 52.0 Å². The zero-order valence-electron chi connectivity index (χ0n) is 27.2. The molecule has 2 atom stereocenters. The van der Waals surface area contributed by atoms with Crippen molar-refractivity contribution < 1.29 is 33.8 Å². The van der Waals surface area contributed by atoms with E-state index >= 15 is 0 Å². The maximum atomic E-state index is 13.6. The lowest BCUT2D eigenvalue weighted by Crippen LogP contribution is -2.53. The lowest BCUT2D eigenvalue weighted by atomic mass is 9.84. The highest BCUT2D eigenvalue weighted by Gasteiger charge is 2.39. The van der Waals surface area contributed by atoms with Crippen molar-refractivity contribution in [3.05, 3.63) is 108 Å². The van der Waals surface area contributed by atoms with Gasteiger partial charge in [0.2, 0.25) is 5.91 Å². The van der Waals surface area contributed by atoms with Gasteiger partial charge in [0.15, 0.2) is 0 Å². The van der Waals surface area contributed by atoms with Gasteiger partial charge >= 0.3 is 18.0 Å². The van der Waals surface area contributed by atoms with Gasteiger partial charge in [-0.1, -0.05) is 91.0 Å². The summed E-state index contributed by atoms with van der Waals surface area (Å²) in [5.41, 5.74) is 1.24. The van der Waals surface area contributed by atoms with Crippen LogP contribution in [0.4, 0.5) is 4.79 Å². The Hall–Kier alpha value is -4.31. The second-order valence-corrected chi connectivity index (χ2v) is 14.0. The monoisotopic (exact) mass is 648 g/mol. The van der Waals surface area contributed by atoms with Crippen LogP contribution in [0, 0.1) is 0 Å². The molecule has 0 unspecified atom stereocenters. The summed E-state index contributed by atoms with van der Waals surface area (Å²) in [7, 11) is 0. The van der Waals surface area contributed by atoms with Crippen molar-refractivity contribution in [1.29, 1.82) is 0 Å². The molecule has 0 saturated carbocycles. The highest BCUT2D eigenvalue weighted by Crippen LogP contribution is 2.48. The van der Waals surface area contributed by atoms with E-state index in [9.17, 15) is 24.3 Å². The molecule has 0 radical (unpaired) electrons. The number of rotatable bonds is 13. The van der Waals surface area contributed by atoms with Crippen molar-refractivity contribution >= 4 is 35.7 Å². The number of carbonyl (C=O) groups is 4. The third kappa shape index (κ3) is 10.7. The molecule has 0 spiro atoms. The molecule has 46 heavy (non-hydrogen) atoms. The number of thioether (sulfide) groups is 1. The number of esters is 1. The molecule has 0 saturated heterocycles. The molecule has 0 aliphatic rings. The summed E-state index contributed by atoms with van der Waals surface area (Å²) < 4.78 is 9.88. The Morgan fingerprint density at radius 3 is 1.50 bits per heavy atom. The van der Waals surface area contributed by atoms with Crippen molar-refractivity contribution in [3.8, 4) is 0 Å². The number of ether oxygens (including phenoxy) is 2. The molecule has 0 bridgehead atoms. The largest absolute Gasteiger partial charge is 0.480 e. The van der Waals surface area contributed by atoms with Gasteiger partial charge in [0.1, 0.15) is 23.3 Å². The molecule has 3 aromatic rings. The fraction of sp³-hybridized carbons (Fsp3) is 0.389. The topological polar surface area (TPSA) is 131 Å². The molecule has 3 N–H and O–H groups in total. The molecule has 10 heteroatoms. The fourth-order valence-corrected chi connectivity index (χ4v) is 6.35. The minimum atomic E-state index is -1.34. The van der Waals surface area contributed by atoms with Crippen molar-refractivity contribution in [2.45, 2.75) is 82.4 Å². The first-order chi connectivity index (χ1) is 21.6. The zero-order valence-corrected chi connectivity index (χ0v) is 28.1. The number of alkyl carbamates (subject to hydrolysis) is 1. The van der Waals surface area contributed by atoms with Gasteiger partial charge in [-0.15, -0.1) is 11.8 Å². The van der Waals surface area contributed by atoms with Crippen LogP contribution in [-0.4, -0.2) is 58.1 Å². The molecule has 9 nitrogen and oxygen atoms in total. The molecular formula is C36H44N2O7S. The van der Waals surface area contributed by atoms with Crippen molar-refractivity contribution in [2.24, 2.45) is 0 Å². The second-order valence-electron chi connectivity index (χ2n) is 12.8. The van der Waals surface area contributed by atoms with Gasteiger partial charge in [-0.2, -0.15) is 0 Å². The van der Waals surface area contributed by atoms with Crippen LogP contribution in [0.1, 0.15) is 71.1 Å². The van der Waals surface area contributed by atoms with Crippen LogP contribution in [0.5, 0.6) is 0 Å². The Bertz CT molecular complexity index is 1360. The van der Waals surface area contributed by atoms with Crippen LogP contribution >= 0.6 is 11.8 Å². The Balaban J connectivity index is 1.92. The van der Waals surface area contributed by atoms with Crippen LogP contribution in [-0.2, 0) is 28.6 Å². The summed E-state index contributed by atoms with van der Waals surface area (Å²) in [5, 5.41) is 15.4. The number of benzene rings is 3. The number of aliphatic carboxylic acids is 1. The molecule has 2 amide bonds. The van der Waals surface area contributed by atoms with Crippen LogP contribution < -0.4 is 10.6 Å². The first kappa shape index (κ1) is 36.2. The van der Waals surface area contributed by atoms with Crippen LogP contribution in [0.2, 0.25) is 0 Å². The summed E-state index contributed by atoms with van der Waals surface area (Å²) in [6.45, 7) is 10.2. The molecule has 0 heterocycles. The van der Waals surface area contributed by atoms with Gasteiger partial charge in [0.25, 0.3) is 0 Å². The Morgan fingerprint density at radius 1 is 0.674 bits per heavy atom. The van der Waals surface area contributed by atoms with Crippen molar-refractivity contribution in [2.75, 3.05) is 5.75 Å². The quantitative estimate of drug-likeness (QED) is 0.146. The van der Waals surface area contributed by atoms with Gasteiger partial charge in [-0.3, -0.25) is 9.59 Å². The van der Waals surface area contributed by atoms with E-state index in [0.29, 0.717) is 0 Å². The second kappa shape index (κ2) is 15.8. The number of carboxylic acids is 1. The average Bonchev–Trinajstić information content (AvgIpc) is 2.98. The molecule has 0 aliphatic carbocycles. The van der Waals surface area contributed by atoms with Crippen molar-refractivity contribution in [3.63, 3.8) is 0 Å². The van der Waals surface area contributed by atoms with Crippen LogP contribution in [0.3, 0.4) is 0 Å². The lowest BCUT2D eigenvalue weighted by Gasteiger charge is -2.36. The van der Waals surface area contributed by atoms with Gasteiger partial charge < -0.3 is 25.2 Å². The number of nitrogens with one attached hydrogen (secondary N) is 2. The summed E-state index contributed by atoms with van der Waals surface area (Å²) in [6.07, 6.45) is -1.17. The normalized spacial score (nSPS) is 13.2. The standard InChI is InChI=1S/C36H44N2O7S/c1-34(2,3)44-30(39)23-22-28(38-33(43)45-35(4,5)6)31(40)37-29(32(41)42)24-46-36(25-16-10-7-11-17-25,26-18-12-8-13-19-26)27-20-14-9-15-21-27/h7-21,28-29H,22-24H2,1-6H3,(H,37,40)(H,38,43)(H,41,42)/t28-,29-/m0/s1. The van der Waals surface area contributed by atoms with E-state index in [4.69, 9.17) is 9.47 Å². The number of hydrogen-bond acceptors (Lipinski definition) is 7. The fourth-order valence-electron chi connectivity index (χ4n) is 4.80. The number of carboxylic acid groups (broad SMARTS) is 1. The number of carbonyl (C=O) groups excluding carboxylic acids is 3. The van der Waals surface area contributed by atoms with Crippen LogP contribution in [0.25, 0.3) is 0 Å². The third-order valence-electron chi connectivity index (χ3n) is 6.69. The van der Waals surface area contributed by atoms with E-state index in [1.807, 2.05) is 91.0 Å². The maximum absolute atomic E-state index is 13.6. The first-order valence-electron chi connectivity index (χ1n) is 15.2. The predicted molar refractivity (Wildman–Crippen MR) is 179 cm³/mol. The number of amides is 2. The Kier molecular flexibility index (Phi) is 12.4. The molecule has 3 aromatic carbocycles. The van der Waals surface area contributed by atoms with Gasteiger partial charge in [-0.25, -0.2) is 9.59 Å². The Labute approximate surface area is 275 Å². The predicted octanol–water partition coefficient (Wildman–Crippen LogP) is 6.30. The van der Waals surface area contributed by atoms with Crippen LogP contribution in [0.15, 0.2) is 91.0 Å². The van der Waals surface area contributed by atoms with E-state index in [-0.39, 0.29) is 18.6 Å². The van der Waals surface area contributed by atoms with Crippen molar-refractivity contribution in [1.82, 2.24) is 10.6 Å². The van der Waals surface area contributed by atoms with E-state index in [2.05, 4.69) is 10.6 Å². The lowest BCUT2D eigenvalue weighted by molar-refractivity contribution is -0.155. The van der Waals surface area contributed by atoms with E-state index in [1.165, 1.54) is 11.8 Å². The molecule has 246 valence electrons. The smallest absolute Gasteiger partial charge is 0.408 e. The van der Waals surface area contributed by atoms with E-state index in [1.54, 1.807) is 41.5 Å².